The van der Waals surface area contributed by atoms with Crippen molar-refractivity contribution in [3.05, 3.63) is 71.0 Å². The monoisotopic (exact) mass is 396 g/mol. The van der Waals surface area contributed by atoms with Gasteiger partial charge in [0.15, 0.2) is 0 Å². The van der Waals surface area contributed by atoms with Gasteiger partial charge < -0.3 is 9.64 Å². The van der Waals surface area contributed by atoms with Crippen molar-refractivity contribution >= 4 is 12.0 Å². The Morgan fingerprint density at radius 2 is 1.86 bits per heavy atom. The van der Waals surface area contributed by atoms with Crippen LogP contribution in [0, 0.1) is 12.7 Å². The molecule has 2 aromatic rings. The summed E-state index contributed by atoms with van der Waals surface area (Å²) in [5.74, 6) is 0.616. The number of piperazine rings is 1. The Balaban J connectivity index is 1.63. The lowest BCUT2D eigenvalue weighted by Gasteiger charge is -2.44. The molecule has 2 aromatic carbocycles. The number of hydrogen-bond donors (Lipinski definition) is 0. The van der Waals surface area contributed by atoms with E-state index in [-0.39, 0.29) is 23.8 Å². The van der Waals surface area contributed by atoms with Crippen LogP contribution in [0.4, 0.5) is 4.39 Å². The van der Waals surface area contributed by atoms with Gasteiger partial charge in [0.05, 0.1) is 7.11 Å². The number of nitrogens with zero attached hydrogens (tertiary/aromatic N) is 2. The number of carbonyl (C=O) groups is 1. The topological polar surface area (TPSA) is 32.8 Å². The number of rotatable bonds is 5. The SMILES string of the molecule is COc1cc(/C=C/C(=O)N2C[C@H](C)N(Cc3ccc(F)cc3)C[C@H]2C)ccc1C. The predicted molar refractivity (Wildman–Crippen MR) is 114 cm³/mol. The Hall–Kier alpha value is -2.66. The number of ether oxygens (including phenoxy) is 1. The summed E-state index contributed by atoms with van der Waals surface area (Å²) in [6.45, 7) is 8.41. The van der Waals surface area contributed by atoms with Crippen LogP contribution in [0.25, 0.3) is 6.08 Å². The van der Waals surface area contributed by atoms with Crippen LogP contribution in [0.5, 0.6) is 5.75 Å². The van der Waals surface area contributed by atoms with Crippen molar-refractivity contribution in [2.45, 2.75) is 39.4 Å². The standard InChI is InChI=1S/C24H29FN2O2/c1-17-5-6-20(13-23(17)29-4)9-12-24(28)27-15-18(2)26(14-19(27)3)16-21-7-10-22(25)11-8-21/h5-13,18-19H,14-16H2,1-4H3/b12-9+/t18-,19+/m0/s1. The van der Waals surface area contributed by atoms with E-state index >= 15 is 0 Å². The summed E-state index contributed by atoms with van der Waals surface area (Å²) in [7, 11) is 1.65. The maximum atomic E-state index is 13.1. The zero-order valence-corrected chi connectivity index (χ0v) is 17.6. The molecule has 0 radical (unpaired) electrons. The molecule has 2 atom stereocenters. The van der Waals surface area contributed by atoms with Gasteiger partial charge in [-0.2, -0.15) is 0 Å². The Morgan fingerprint density at radius 1 is 1.14 bits per heavy atom. The van der Waals surface area contributed by atoms with Gasteiger partial charge in [0.25, 0.3) is 0 Å². The van der Waals surface area contributed by atoms with E-state index in [1.165, 1.54) is 12.1 Å². The summed E-state index contributed by atoms with van der Waals surface area (Å²) in [5, 5.41) is 0. The number of aryl methyl sites for hydroxylation is 1. The van der Waals surface area contributed by atoms with Crippen LogP contribution in [0.3, 0.4) is 0 Å². The summed E-state index contributed by atoms with van der Waals surface area (Å²) in [6.07, 6.45) is 3.48. The zero-order chi connectivity index (χ0) is 21.0. The molecule has 0 saturated carbocycles. The predicted octanol–water partition coefficient (Wildman–Crippen LogP) is 4.28. The van der Waals surface area contributed by atoms with Crippen LogP contribution >= 0.6 is 0 Å². The van der Waals surface area contributed by atoms with Crippen LogP contribution in [0.1, 0.15) is 30.5 Å². The molecule has 1 amide bonds. The van der Waals surface area contributed by atoms with Gasteiger partial charge in [0.1, 0.15) is 11.6 Å². The third-order valence-electron chi connectivity index (χ3n) is 5.55. The molecule has 1 heterocycles. The molecular weight excluding hydrogens is 367 g/mol. The molecule has 1 aliphatic rings. The molecule has 3 rings (SSSR count). The van der Waals surface area contributed by atoms with E-state index in [9.17, 15) is 9.18 Å². The minimum absolute atomic E-state index is 0.0188. The first-order valence-electron chi connectivity index (χ1n) is 9.99. The van der Waals surface area contributed by atoms with Gasteiger partial charge in [-0.1, -0.05) is 24.3 Å². The molecule has 0 spiro atoms. The molecule has 4 nitrogen and oxygen atoms in total. The maximum absolute atomic E-state index is 13.1. The van der Waals surface area contributed by atoms with E-state index in [1.54, 1.807) is 13.2 Å². The van der Waals surface area contributed by atoms with Gasteiger partial charge in [-0.25, -0.2) is 4.39 Å². The summed E-state index contributed by atoms with van der Waals surface area (Å²) in [6, 6.07) is 12.9. The Morgan fingerprint density at radius 3 is 2.55 bits per heavy atom. The van der Waals surface area contributed by atoms with Crippen molar-refractivity contribution in [3.63, 3.8) is 0 Å². The number of amides is 1. The van der Waals surface area contributed by atoms with Gasteiger partial charge in [0, 0.05) is 37.8 Å². The zero-order valence-electron chi connectivity index (χ0n) is 17.6. The maximum Gasteiger partial charge on any atom is 0.246 e. The average Bonchev–Trinajstić information content (AvgIpc) is 2.71. The second-order valence-corrected chi connectivity index (χ2v) is 7.81. The molecule has 1 saturated heterocycles. The Bertz CT molecular complexity index is 879. The highest BCUT2D eigenvalue weighted by Crippen LogP contribution is 2.21. The molecule has 1 fully saturated rings. The highest BCUT2D eigenvalue weighted by Gasteiger charge is 2.30. The minimum atomic E-state index is -0.219. The lowest BCUT2D eigenvalue weighted by Crippen LogP contribution is -2.57. The first-order chi connectivity index (χ1) is 13.9. The third-order valence-corrected chi connectivity index (χ3v) is 5.55. The summed E-state index contributed by atoms with van der Waals surface area (Å²) in [5.41, 5.74) is 3.09. The molecule has 1 aliphatic heterocycles. The van der Waals surface area contributed by atoms with Crippen molar-refractivity contribution in [2.75, 3.05) is 20.2 Å². The third kappa shape index (κ3) is 5.24. The van der Waals surface area contributed by atoms with Crippen molar-refractivity contribution < 1.29 is 13.9 Å². The lowest BCUT2D eigenvalue weighted by atomic mass is 10.1. The molecule has 0 unspecified atom stereocenters. The second kappa shape index (κ2) is 9.23. The number of hydrogen-bond acceptors (Lipinski definition) is 3. The van der Waals surface area contributed by atoms with Crippen molar-refractivity contribution in [2.24, 2.45) is 0 Å². The fraction of sp³-hybridized carbons (Fsp3) is 0.375. The molecule has 0 N–H and O–H groups in total. The van der Waals surface area contributed by atoms with Gasteiger partial charge in [-0.15, -0.1) is 0 Å². The highest BCUT2D eigenvalue weighted by atomic mass is 19.1. The van der Waals surface area contributed by atoms with E-state index in [0.717, 1.165) is 35.5 Å². The second-order valence-electron chi connectivity index (χ2n) is 7.81. The molecule has 0 aliphatic carbocycles. The van der Waals surface area contributed by atoms with Gasteiger partial charge >= 0.3 is 0 Å². The quantitative estimate of drug-likeness (QED) is 0.708. The van der Waals surface area contributed by atoms with Crippen molar-refractivity contribution in [1.29, 1.82) is 0 Å². The number of methoxy groups -OCH3 is 1. The molecule has 5 heteroatoms. The summed E-state index contributed by atoms with van der Waals surface area (Å²) in [4.78, 5) is 17.1. The van der Waals surface area contributed by atoms with Crippen molar-refractivity contribution in [3.8, 4) is 5.75 Å². The summed E-state index contributed by atoms with van der Waals surface area (Å²) >= 11 is 0. The highest BCUT2D eigenvalue weighted by molar-refractivity contribution is 5.92. The van der Waals surface area contributed by atoms with E-state index in [2.05, 4.69) is 18.7 Å². The average molecular weight is 397 g/mol. The molecule has 29 heavy (non-hydrogen) atoms. The van der Waals surface area contributed by atoms with Gasteiger partial charge in [0.2, 0.25) is 5.91 Å². The van der Waals surface area contributed by atoms with Crippen LogP contribution < -0.4 is 4.74 Å². The first-order valence-corrected chi connectivity index (χ1v) is 9.99. The van der Waals surface area contributed by atoms with Crippen LogP contribution in [-0.2, 0) is 11.3 Å². The van der Waals surface area contributed by atoms with Crippen molar-refractivity contribution in [1.82, 2.24) is 9.80 Å². The van der Waals surface area contributed by atoms with Gasteiger partial charge in [-0.05, 0) is 61.7 Å². The fourth-order valence-corrected chi connectivity index (χ4v) is 3.75. The molecule has 0 bridgehead atoms. The van der Waals surface area contributed by atoms with E-state index in [1.807, 2.05) is 48.2 Å². The lowest BCUT2D eigenvalue weighted by molar-refractivity contribution is -0.131. The van der Waals surface area contributed by atoms with Crippen LogP contribution in [0.15, 0.2) is 48.5 Å². The first kappa shape index (κ1) is 21.1. The number of carbonyl (C=O) groups excluding carboxylic acids is 1. The largest absolute Gasteiger partial charge is 0.496 e. The van der Waals surface area contributed by atoms with Gasteiger partial charge in [-0.3, -0.25) is 9.69 Å². The molecule has 0 aromatic heterocycles. The minimum Gasteiger partial charge on any atom is -0.496 e. The Labute approximate surface area is 172 Å². The molecule has 154 valence electrons. The smallest absolute Gasteiger partial charge is 0.246 e. The van der Waals surface area contributed by atoms with E-state index in [4.69, 9.17) is 4.74 Å². The normalized spacial score (nSPS) is 20.2. The fourth-order valence-electron chi connectivity index (χ4n) is 3.75. The van der Waals surface area contributed by atoms with E-state index < -0.39 is 0 Å². The number of benzene rings is 2. The summed E-state index contributed by atoms with van der Waals surface area (Å²) < 4.78 is 18.5. The van der Waals surface area contributed by atoms with Crippen LogP contribution in [-0.4, -0.2) is 48.0 Å². The Kier molecular flexibility index (Phi) is 6.70. The molecular formula is C24H29FN2O2. The number of halogens is 1. The van der Waals surface area contributed by atoms with E-state index in [0.29, 0.717) is 6.54 Å². The van der Waals surface area contributed by atoms with Crippen LogP contribution in [0.2, 0.25) is 0 Å².